The summed E-state index contributed by atoms with van der Waals surface area (Å²) in [6.45, 7) is -1.11. The Labute approximate surface area is 112 Å². The standard InChI is InChI=1S/C6H14O12P2/c7-1-4(18-20(14,15)16)6(10)5(9)3(8)2-17-19(11,12)13/h1,3-6,8-10H,2H2,(H2,11,12,13)(H2,14,15,16)/t3-,4+,5-,6-/m1/s1. The summed E-state index contributed by atoms with van der Waals surface area (Å²) in [4.78, 5) is 44.1. The molecule has 0 aromatic carbocycles. The number of aliphatic hydroxyl groups excluding tert-OH is 3. The predicted octanol–water partition coefficient (Wildman–Crippen LogP) is -3.14. The normalized spacial score (nSPS) is 19.1. The summed E-state index contributed by atoms with van der Waals surface area (Å²) in [7, 11) is -10.1. The number of aliphatic hydroxyl groups is 3. The molecule has 0 rings (SSSR count). The van der Waals surface area contributed by atoms with Gasteiger partial charge in [-0.05, 0) is 0 Å². The molecule has 120 valence electrons. The van der Waals surface area contributed by atoms with Crippen LogP contribution in [0.5, 0.6) is 0 Å². The summed E-state index contributed by atoms with van der Waals surface area (Å²) in [6, 6.07) is 0. The second kappa shape index (κ2) is 7.69. The van der Waals surface area contributed by atoms with E-state index in [0.717, 1.165) is 0 Å². The monoisotopic (exact) mass is 340 g/mol. The van der Waals surface area contributed by atoms with E-state index in [9.17, 15) is 29.2 Å². The van der Waals surface area contributed by atoms with E-state index in [1.54, 1.807) is 0 Å². The maximum atomic E-state index is 10.5. The summed E-state index contributed by atoms with van der Waals surface area (Å²) >= 11 is 0. The van der Waals surface area contributed by atoms with Crippen molar-refractivity contribution in [3.05, 3.63) is 0 Å². The number of rotatable bonds is 9. The molecular weight excluding hydrogens is 326 g/mol. The Hall–Kier alpha value is -0.230. The first kappa shape index (κ1) is 19.8. The molecule has 0 unspecified atom stereocenters. The molecule has 0 radical (unpaired) electrons. The van der Waals surface area contributed by atoms with Gasteiger partial charge in [0.05, 0.1) is 6.61 Å². The molecule has 0 aromatic heterocycles. The third-order valence-electron chi connectivity index (χ3n) is 1.89. The van der Waals surface area contributed by atoms with Crippen LogP contribution in [0.4, 0.5) is 0 Å². The van der Waals surface area contributed by atoms with Gasteiger partial charge in [0.1, 0.15) is 18.3 Å². The van der Waals surface area contributed by atoms with Gasteiger partial charge in [0, 0.05) is 0 Å². The molecule has 0 bridgehead atoms. The third-order valence-corrected chi connectivity index (χ3v) is 2.89. The lowest BCUT2D eigenvalue weighted by Gasteiger charge is -2.26. The maximum absolute atomic E-state index is 10.5. The summed E-state index contributed by atoms with van der Waals surface area (Å²) in [5, 5.41) is 28.0. The molecule has 0 heterocycles. The quantitative estimate of drug-likeness (QED) is 0.164. The molecule has 20 heavy (non-hydrogen) atoms. The smallest absolute Gasteiger partial charge is 0.388 e. The van der Waals surface area contributed by atoms with Crippen LogP contribution < -0.4 is 0 Å². The minimum Gasteiger partial charge on any atom is -0.388 e. The van der Waals surface area contributed by atoms with Crippen molar-refractivity contribution in [3.8, 4) is 0 Å². The van der Waals surface area contributed by atoms with Gasteiger partial charge in [-0.15, -0.1) is 0 Å². The van der Waals surface area contributed by atoms with Crippen molar-refractivity contribution < 1.29 is 57.9 Å². The SMILES string of the molecule is O=C[C@H](OP(=O)(O)O)[C@@H](O)[C@H](O)[C@H](O)COP(=O)(O)O. The average Bonchev–Trinajstić information content (AvgIpc) is 2.29. The van der Waals surface area contributed by atoms with Gasteiger partial charge in [-0.1, -0.05) is 0 Å². The third kappa shape index (κ3) is 8.15. The van der Waals surface area contributed by atoms with E-state index in [0.29, 0.717) is 0 Å². The molecule has 0 aliphatic rings. The highest BCUT2D eigenvalue weighted by atomic mass is 31.2. The van der Waals surface area contributed by atoms with Crippen LogP contribution in [0.1, 0.15) is 0 Å². The molecule has 0 amide bonds. The van der Waals surface area contributed by atoms with Gasteiger partial charge in [-0.2, -0.15) is 0 Å². The number of aldehydes is 1. The van der Waals surface area contributed by atoms with Gasteiger partial charge in [0.2, 0.25) is 0 Å². The lowest BCUT2D eigenvalue weighted by atomic mass is 10.0. The molecule has 0 spiro atoms. The van der Waals surface area contributed by atoms with Crippen LogP contribution in [0.15, 0.2) is 0 Å². The Kier molecular flexibility index (Phi) is 7.60. The Bertz CT molecular complexity index is 399. The number of phosphoric acid groups is 2. The highest BCUT2D eigenvalue weighted by Gasteiger charge is 2.36. The number of phosphoric ester groups is 2. The van der Waals surface area contributed by atoms with Gasteiger partial charge in [-0.3, -0.25) is 9.05 Å². The first-order valence-electron chi connectivity index (χ1n) is 4.81. The largest absolute Gasteiger partial charge is 0.470 e. The van der Waals surface area contributed by atoms with Crippen LogP contribution in [0.25, 0.3) is 0 Å². The highest BCUT2D eigenvalue weighted by molar-refractivity contribution is 7.46. The molecule has 4 atom stereocenters. The zero-order chi connectivity index (χ0) is 16.1. The zero-order valence-corrected chi connectivity index (χ0v) is 11.4. The van der Waals surface area contributed by atoms with Crippen molar-refractivity contribution in [3.63, 3.8) is 0 Å². The second-order valence-electron chi connectivity index (χ2n) is 3.53. The van der Waals surface area contributed by atoms with Crippen molar-refractivity contribution in [2.45, 2.75) is 24.4 Å². The first-order chi connectivity index (χ1) is 8.87. The van der Waals surface area contributed by atoms with Crippen LogP contribution in [0.2, 0.25) is 0 Å². The zero-order valence-electron chi connectivity index (χ0n) is 9.66. The summed E-state index contributed by atoms with van der Waals surface area (Å²) in [6.07, 6.45) is -8.95. The molecule has 12 nitrogen and oxygen atoms in total. The van der Waals surface area contributed by atoms with E-state index < -0.39 is 46.7 Å². The van der Waals surface area contributed by atoms with Crippen molar-refractivity contribution in [2.24, 2.45) is 0 Å². The molecule has 0 saturated carbocycles. The fourth-order valence-electron chi connectivity index (χ4n) is 1.02. The molecule has 0 fully saturated rings. The fraction of sp³-hybridized carbons (Fsp3) is 0.833. The van der Waals surface area contributed by atoms with Gasteiger partial charge >= 0.3 is 15.6 Å². The number of hydrogen-bond acceptors (Lipinski definition) is 8. The van der Waals surface area contributed by atoms with Crippen LogP contribution >= 0.6 is 15.6 Å². The molecule has 0 saturated heterocycles. The van der Waals surface area contributed by atoms with Gasteiger partial charge in [0.15, 0.2) is 12.4 Å². The minimum absolute atomic E-state index is 0.233. The van der Waals surface area contributed by atoms with Crippen molar-refractivity contribution in [1.29, 1.82) is 0 Å². The number of carbonyl (C=O) groups is 1. The molecule has 7 N–H and O–H groups in total. The summed E-state index contributed by atoms with van der Waals surface area (Å²) < 4.78 is 28.5. The maximum Gasteiger partial charge on any atom is 0.470 e. The Balaban J connectivity index is 4.64. The predicted molar refractivity (Wildman–Crippen MR) is 59.0 cm³/mol. The molecular formula is C6H14O12P2. The van der Waals surface area contributed by atoms with Crippen LogP contribution in [0.3, 0.4) is 0 Å². The van der Waals surface area contributed by atoms with Crippen LogP contribution in [-0.2, 0) is 23.0 Å². The van der Waals surface area contributed by atoms with Gasteiger partial charge < -0.3 is 39.7 Å². The van der Waals surface area contributed by atoms with E-state index in [1.807, 2.05) is 0 Å². The fourth-order valence-corrected chi connectivity index (χ4v) is 1.86. The summed E-state index contributed by atoms with van der Waals surface area (Å²) in [5.41, 5.74) is 0. The first-order valence-corrected chi connectivity index (χ1v) is 7.87. The Morgan fingerprint density at radius 3 is 1.80 bits per heavy atom. The lowest BCUT2D eigenvalue weighted by molar-refractivity contribution is -0.134. The lowest BCUT2D eigenvalue weighted by Crippen LogP contribution is -2.47. The van der Waals surface area contributed by atoms with E-state index in [-0.39, 0.29) is 6.29 Å². The average molecular weight is 340 g/mol. The van der Waals surface area contributed by atoms with E-state index in [1.165, 1.54) is 0 Å². The van der Waals surface area contributed by atoms with Gasteiger partial charge in [-0.25, -0.2) is 9.13 Å². The number of carbonyl (C=O) groups excluding carboxylic acids is 1. The van der Waals surface area contributed by atoms with Crippen molar-refractivity contribution >= 4 is 21.9 Å². The van der Waals surface area contributed by atoms with Crippen molar-refractivity contribution in [1.82, 2.24) is 0 Å². The van der Waals surface area contributed by atoms with E-state index in [2.05, 4.69) is 9.05 Å². The van der Waals surface area contributed by atoms with Crippen LogP contribution in [0, 0.1) is 0 Å². The Morgan fingerprint density at radius 1 is 0.950 bits per heavy atom. The minimum atomic E-state index is -5.14. The Morgan fingerprint density at radius 2 is 1.45 bits per heavy atom. The molecule has 14 heteroatoms. The number of hydrogen-bond donors (Lipinski definition) is 7. The highest BCUT2D eigenvalue weighted by Crippen LogP contribution is 2.38. The second-order valence-corrected chi connectivity index (χ2v) is 5.96. The topological polar surface area (TPSA) is 211 Å². The molecule has 0 aromatic rings. The summed E-state index contributed by atoms with van der Waals surface area (Å²) in [5.74, 6) is 0. The van der Waals surface area contributed by atoms with E-state index in [4.69, 9.17) is 19.6 Å². The molecule has 0 aliphatic heterocycles. The van der Waals surface area contributed by atoms with E-state index >= 15 is 0 Å². The van der Waals surface area contributed by atoms with Crippen LogP contribution in [-0.4, -0.2) is 72.2 Å². The van der Waals surface area contributed by atoms with Crippen molar-refractivity contribution in [2.75, 3.05) is 6.61 Å². The molecule has 0 aliphatic carbocycles. The van der Waals surface area contributed by atoms with Gasteiger partial charge in [0.25, 0.3) is 0 Å².